The Morgan fingerprint density at radius 2 is 2.33 bits per heavy atom. The van der Waals surface area contributed by atoms with Gasteiger partial charge in [0.15, 0.2) is 11.6 Å². The number of aromatic nitrogens is 2. The maximum absolute atomic E-state index is 13.6. The van der Waals surface area contributed by atoms with Crippen molar-refractivity contribution in [3.8, 4) is 6.07 Å². The molecule has 0 spiro atoms. The summed E-state index contributed by atoms with van der Waals surface area (Å²) < 4.78 is 13.6. The molecule has 0 aromatic carbocycles. The predicted molar refractivity (Wildman–Crippen MR) is 68.8 cm³/mol. The zero-order chi connectivity index (χ0) is 13.5. The van der Waals surface area contributed by atoms with Crippen LogP contribution in [0.25, 0.3) is 0 Å². The highest BCUT2D eigenvalue weighted by atomic mass is 19.1. The fourth-order valence-corrected chi connectivity index (χ4v) is 1.49. The predicted octanol–water partition coefficient (Wildman–Crippen LogP) is 2.03. The highest BCUT2D eigenvalue weighted by Crippen LogP contribution is 2.17. The summed E-state index contributed by atoms with van der Waals surface area (Å²) in [5.74, 6) is -0.0449. The molecule has 1 aromatic heterocycles. The standard InChI is InChI=1S/C12H18FN5/c1-4-5-15-12-16-7-10(13)11(17-12)18(3)8-9(2)6-14/h7,9H,4-5,8H2,1-3H3,(H,15,16,17). The fraction of sp³-hybridized carbons (Fsp3) is 0.583. The summed E-state index contributed by atoms with van der Waals surface area (Å²) in [7, 11) is 1.71. The Labute approximate surface area is 107 Å². The van der Waals surface area contributed by atoms with Crippen molar-refractivity contribution in [2.24, 2.45) is 5.92 Å². The normalized spacial score (nSPS) is 11.7. The van der Waals surface area contributed by atoms with Gasteiger partial charge in [0.2, 0.25) is 5.95 Å². The Morgan fingerprint density at radius 3 is 2.94 bits per heavy atom. The third-order valence-corrected chi connectivity index (χ3v) is 2.39. The summed E-state index contributed by atoms with van der Waals surface area (Å²) in [6.07, 6.45) is 2.09. The molecule has 1 unspecified atom stereocenters. The van der Waals surface area contributed by atoms with Crippen molar-refractivity contribution in [1.29, 1.82) is 5.26 Å². The van der Waals surface area contributed by atoms with Crippen molar-refractivity contribution in [3.63, 3.8) is 0 Å². The molecule has 1 rings (SSSR count). The van der Waals surface area contributed by atoms with Crippen molar-refractivity contribution in [1.82, 2.24) is 9.97 Å². The molecule has 1 aromatic rings. The summed E-state index contributed by atoms with van der Waals surface area (Å²) in [5, 5.41) is 11.8. The largest absolute Gasteiger partial charge is 0.356 e. The molecule has 0 saturated carbocycles. The Bertz CT molecular complexity index is 429. The molecule has 1 heterocycles. The van der Waals surface area contributed by atoms with Crippen LogP contribution in [-0.4, -0.2) is 30.1 Å². The molecule has 0 aliphatic carbocycles. The number of hydrogen-bond acceptors (Lipinski definition) is 5. The molecule has 0 radical (unpaired) electrons. The number of nitriles is 1. The van der Waals surface area contributed by atoms with Crippen LogP contribution in [0.4, 0.5) is 16.2 Å². The molecule has 0 saturated heterocycles. The molecule has 0 fully saturated rings. The van der Waals surface area contributed by atoms with Gasteiger partial charge in [-0.1, -0.05) is 6.92 Å². The SMILES string of the molecule is CCCNc1ncc(F)c(N(C)CC(C)C#N)n1. The quantitative estimate of drug-likeness (QED) is 0.838. The lowest BCUT2D eigenvalue weighted by Crippen LogP contribution is -2.25. The minimum atomic E-state index is -0.482. The van der Waals surface area contributed by atoms with E-state index in [0.29, 0.717) is 12.5 Å². The maximum atomic E-state index is 13.6. The van der Waals surface area contributed by atoms with Crippen molar-refractivity contribution in [2.45, 2.75) is 20.3 Å². The van der Waals surface area contributed by atoms with Crippen LogP contribution in [0.5, 0.6) is 0 Å². The van der Waals surface area contributed by atoms with Crippen molar-refractivity contribution < 1.29 is 4.39 Å². The second-order valence-electron chi connectivity index (χ2n) is 4.20. The second-order valence-corrected chi connectivity index (χ2v) is 4.20. The molecule has 98 valence electrons. The first-order valence-corrected chi connectivity index (χ1v) is 5.95. The smallest absolute Gasteiger partial charge is 0.224 e. The number of nitrogens with zero attached hydrogens (tertiary/aromatic N) is 4. The Morgan fingerprint density at radius 1 is 1.61 bits per heavy atom. The summed E-state index contributed by atoms with van der Waals surface area (Å²) in [4.78, 5) is 9.61. The molecule has 1 atom stereocenters. The first kappa shape index (κ1) is 14.2. The molecule has 5 nitrogen and oxygen atoms in total. The van der Waals surface area contributed by atoms with Gasteiger partial charge in [-0.2, -0.15) is 10.2 Å². The average Bonchev–Trinajstić information content (AvgIpc) is 2.37. The lowest BCUT2D eigenvalue weighted by atomic mass is 10.2. The average molecular weight is 251 g/mol. The molecule has 0 amide bonds. The highest BCUT2D eigenvalue weighted by molar-refractivity contribution is 5.43. The molecule has 1 N–H and O–H groups in total. The van der Waals surface area contributed by atoms with Crippen molar-refractivity contribution in [3.05, 3.63) is 12.0 Å². The maximum Gasteiger partial charge on any atom is 0.224 e. The summed E-state index contributed by atoms with van der Waals surface area (Å²) in [5.41, 5.74) is 0. The summed E-state index contributed by atoms with van der Waals surface area (Å²) in [6, 6.07) is 2.11. The van der Waals surface area contributed by atoms with Gasteiger partial charge in [-0.15, -0.1) is 0 Å². The summed E-state index contributed by atoms with van der Waals surface area (Å²) in [6.45, 7) is 4.98. The number of rotatable bonds is 6. The number of halogens is 1. The van der Waals surface area contributed by atoms with E-state index >= 15 is 0 Å². The zero-order valence-corrected chi connectivity index (χ0v) is 10.9. The van der Waals surface area contributed by atoms with Crippen LogP contribution in [-0.2, 0) is 0 Å². The lowest BCUT2D eigenvalue weighted by molar-refractivity contribution is 0.600. The van der Waals surface area contributed by atoms with Gasteiger partial charge in [-0.05, 0) is 13.3 Å². The minimum absolute atomic E-state index is 0.184. The van der Waals surface area contributed by atoms with E-state index in [0.717, 1.165) is 19.2 Å². The van der Waals surface area contributed by atoms with Crippen LogP contribution in [0.1, 0.15) is 20.3 Å². The van der Waals surface area contributed by atoms with E-state index in [2.05, 4.69) is 21.4 Å². The number of anilines is 2. The van der Waals surface area contributed by atoms with Gasteiger partial charge >= 0.3 is 0 Å². The first-order chi connectivity index (χ1) is 8.58. The third-order valence-electron chi connectivity index (χ3n) is 2.39. The Kier molecular flexibility index (Phi) is 5.31. The van der Waals surface area contributed by atoms with Gasteiger partial charge in [0, 0.05) is 20.1 Å². The van der Waals surface area contributed by atoms with Crippen LogP contribution < -0.4 is 10.2 Å². The first-order valence-electron chi connectivity index (χ1n) is 5.95. The van der Waals surface area contributed by atoms with E-state index in [9.17, 15) is 4.39 Å². The van der Waals surface area contributed by atoms with Gasteiger partial charge in [0.25, 0.3) is 0 Å². The molecular weight excluding hydrogens is 233 g/mol. The van der Waals surface area contributed by atoms with Gasteiger partial charge in [0.05, 0.1) is 18.2 Å². The van der Waals surface area contributed by atoms with E-state index in [1.165, 1.54) is 0 Å². The van der Waals surface area contributed by atoms with Crippen LogP contribution in [0.15, 0.2) is 6.20 Å². The monoisotopic (exact) mass is 251 g/mol. The van der Waals surface area contributed by atoms with Gasteiger partial charge in [-0.3, -0.25) is 0 Å². The van der Waals surface area contributed by atoms with Crippen LogP contribution >= 0.6 is 0 Å². The van der Waals surface area contributed by atoms with Gasteiger partial charge in [-0.25, -0.2) is 9.37 Å². The third kappa shape index (κ3) is 3.84. The van der Waals surface area contributed by atoms with Gasteiger partial charge < -0.3 is 10.2 Å². The molecule has 18 heavy (non-hydrogen) atoms. The highest BCUT2D eigenvalue weighted by Gasteiger charge is 2.13. The Hall–Kier alpha value is -1.90. The van der Waals surface area contributed by atoms with Gasteiger partial charge in [0.1, 0.15) is 0 Å². The second kappa shape index (κ2) is 6.74. The minimum Gasteiger partial charge on any atom is -0.356 e. The van der Waals surface area contributed by atoms with E-state index in [-0.39, 0.29) is 11.7 Å². The number of nitrogens with one attached hydrogen (secondary N) is 1. The van der Waals surface area contributed by atoms with E-state index < -0.39 is 5.82 Å². The van der Waals surface area contributed by atoms with Crippen molar-refractivity contribution >= 4 is 11.8 Å². The molecule has 0 aliphatic heterocycles. The topological polar surface area (TPSA) is 64.8 Å². The number of hydrogen-bond donors (Lipinski definition) is 1. The lowest BCUT2D eigenvalue weighted by Gasteiger charge is -2.20. The summed E-state index contributed by atoms with van der Waals surface area (Å²) >= 11 is 0. The molecule has 0 bridgehead atoms. The molecular formula is C12H18FN5. The van der Waals surface area contributed by atoms with Crippen molar-refractivity contribution in [2.75, 3.05) is 30.4 Å². The zero-order valence-electron chi connectivity index (χ0n) is 10.9. The van der Waals surface area contributed by atoms with Crippen LogP contribution in [0.3, 0.4) is 0 Å². The van der Waals surface area contributed by atoms with E-state index in [4.69, 9.17) is 5.26 Å². The van der Waals surface area contributed by atoms with Crippen LogP contribution in [0.2, 0.25) is 0 Å². The molecule has 0 aliphatic rings. The Balaban J connectivity index is 2.83. The molecule has 6 heteroatoms. The fourth-order valence-electron chi connectivity index (χ4n) is 1.49. The van der Waals surface area contributed by atoms with E-state index in [1.54, 1.807) is 18.9 Å². The van der Waals surface area contributed by atoms with E-state index in [1.807, 2.05) is 6.92 Å². The van der Waals surface area contributed by atoms with Crippen LogP contribution in [0, 0.1) is 23.1 Å².